The van der Waals surface area contributed by atoms with Crippen molar-refractivity contribution in [3.05, 3.63) is 71.8 Å². The molecule has 0 aliphatic heterocycles. The van der Waals surface area contributed by atoms with Crippen LogP contribution in [0.4, 0.5) is 0 Å². The van der Waals surface area contributed by atoms with E-state index in [1.165, 1.54) is 5.56 Å². The molecule has 0 saturated carbocycles. The monoisotopic (exact) mass is 503 g/mol. The van der Waals surface area contributed by atoms with Crippen LogP contribution >= 0.6 is 0 Å². The van der Waals surface area contributed by atoms with Crippen LogP contribution in [0.2, 0.25) is 0 Å². The Kier molecular flexibility index (Phi) is 6.56. The Labute approximate surface area is 222 Å². The number of nitrogens with zero attached hydrogens (tertiary/aromatic N) is 5. The number of hydrogen-bond donors (Lipinski definition) is 0. The summed E-state index contributed by atoms with van der Waals surface area (Å²) in [6, 6.07) is 19.6. The average Bonchev–Trinajstić information content (AvgIpc) is 3.26. The highest BCUT2D eigenvalue weighted by Gasteiger charge is 2.19. The SMILES string of the molecule is C#CCOc1ccc2nc(-c3nc4ccc(C(=O)N(C)C)cc4n3C)nc(-c3ccc(C(C)C)cc3)c2c1. The Morgan fingerprint density at radius 3 is 2.42 bits per heavy atom. The number of rotatable bonds is 6. The number of aromatic nitrogens is 4. The molecule has 2 aromatic heterocycles. The van der Waals surface area contributed by atoms with Crippen molar-refractivity contribution in [2.75, 3.05) is 20.7 Å². The van der Waals surface area contributed by atoms with Crippen LogP contribution in [0, 0.1) is 12.3 Å². The van der Waals surface area contributed by atoms with Gasteiger partial charge in [0.2, 0.25) is 0 Å². The summed E-state index contributed by atoms with van der Waals surface area (Å²) in [5, 5.41) is 0.859. The smallest absolute Gasteiger partial charge is 0.253 e. The van der Waals surface area contributed by atoms with Gasteiger partial charge in [-0.15, -0.1) is 6.42 Å². The Bertz CT molecular complexity index is 1710. The van der Waals surface area contributed by atoms with Crippen LogP contribution in [-0.4, -0.2) is 51.0 Å². The lowest BCUT2D eigenvalue weighted by molar-refractivity contribution is 0.0827. The highest BCUT2D eigenvalue weighted by atomic mass is 16.5. The third-order valence-electron chi connectivity index (χ3n) is 6.57. The van der Waals surface area contributed by atoms with E-state index in [1.807, 2.05) is 41.9 Å². The number of fused-ring (bicyclic) bond motifs is 2. The summed E-state index contributed by atoms with van der Waals surface area (Å²) in [4.78, 5) is 28.8. The highest BCUT2D eigenvalue weighted by molar-refractivity contribution is 5.98. The van der Waals surface area contributed by atoms with Gasteiger partial charge in [0.05, 0.1) is 22.2 Å². The summed E-state index contributed by atoms with van der Waals surface area (Å²) < 4.78 is 7.62. The van der Waals surface area contributed by atoms with Crippen molar-refractivity contribution in [2.45, 2.75) is 19.8 Å². The second-order valence-electron chi connectivity index (χ2n) is 9.74. The van der Waals surface area contributed by atoms with Gasteiger partial charge in [-0.1, -0.05) is 44.0 Å². The van der Waals surface area contributed by atoms with Gasteiger partial charge < -0.3 is 14.2 Å². The third-order valence-corrected chi connectivity index (χ3v) is 6.57. The fraction of sp³-hybridized carbons (Fsp3) is 0.226. The number of amides is 1. The Balaban J connectivity index is 1.69. The molecule has 38 heavy (non-hydrogen) atoms. The lowest BCUT2D eigenvalue weighted by atomic mass is 9.99. The van der Waals surface area contributed by atoms with E-state index in [1.54, 1.807) is 25.1 Å². The second-order valence-corrected chi connectivity index (χ2v) is 9.74. The standard InChI is InChI=1S/C31H29N5O2/c1-7-16-38-23-13-15-25-24(18-23)28(21-10-8-20(9-11-21)19(2)3)34-29(32-25)30-33-26-14-12-22(31(37)35(4)5)17-27(26)36(30)6/h1,8-15,17-19H,16H2,2-6H3. The zero-order valence-electron chi connectivity index (χ0n) is 22.2. The molecule has 0 aliphatic rings. The van der Waals surface area contributed by atoms with Gasteiger partial charge >= 0.3 is 0 Å². The van der Waals surface area contributed by atoms with E-state index < -0.39 is 0 Å². The van der Waals surface area contributed by atoms with Crippen LogP contribution < -0.4 is 4.74 Å². The fourth-order valence-electron chi connectivity index (χ4n) is 4.45. The molecular weight excluding hydrogens is 474 g/mol. The van der Waals surface area contributed by atoms with Crippen LogP contribution in [0.1, 0.15) is 35.7 Å². The number of imidazole rings is 1. The summed E-state index contributed by atoms with van der Waals surface area (Å²) in [7, 11) is 5.39. The number of hydrogen-bond acceptors (Lipinski definition) is 5. The maximum Gasteiger partial charge on any atom is 0.253 e. The minimum atomic E-state index is -0.0633. The van der Waals surface area contributed by atoms with E-state index in [4.69, 9.17) is 26.1 Å². The molecule has 0 atom stereocenters. The van der Waals surface area contributed by atoms with E-state index in [0.717, 1.165) is 33.2 Å². The molecule has 0 unspecified atom stereocenters. The van der Waals surface area contributed by atoms with Crippen molar-refractivity contribution in [3.63, 3.8) is 0 Å². The largest absolute Gasteiger partial charge is 0.481 e. The summed E-state index contributed by atoms with van der Waals surface area (Å²) in [5.41, 5.74) is 5.96. The molecule has 2 heterocycles. The molecule has 0 spiro atoms. The summed E-state index contributed by atoms with van der Waals surface area (Å²) in [6.07, 6.45) is 5.39. The van der Waals surface area contributed by atoms with Crippen molar-refractivity contribution < 1.29 is 9.53 Å². The minimum absolute atomic E-state index is 0.0633. The first kappa shape index (κ1) is 25.0. The van der Waals surface area contributed by atoms with Gasteiger partial charge in [-0.2, -0.15) is 0 Å². The van der Waals surface area contributed by atoms with Crippen molar-refractivity contribution in [1.29, 1.82) is 0 Å². The van der Waals surface area contributed by atoms with Crippen molar-refractivity contribution in [2.24, 2.45) is 7.05 Å². The van der Waals surface area contributed by atoms with Crippen molar-refractivity contribution >= 4 is 27.8 Å². The number of aryl methyl sites for hydroxylation is 1. The van der Waals surface area contributed by atoms with E-state index in [9.17, 15) is 4.79 Å². The lowest BCUT2D eigenvalue weighted by Gasteiger charge is -2.12. The number of benzene rings is 3. The first-order valence-corrected chi connectivity index (χ1v) is 12.4. The molecule has 7 nitrogen and oxygen atoms in total. The predicted molar refractivity (Wildman–Crippen MR) is 151 cm³/mol. The number of carbonyl (C=O) groups excluding carboxylic acids is 1. The molecule has 0 radical (unpaired) electrons. The summed E-state index contributed by atoms with van der Waals surface area (Å²) >= 11 is 0. The van der Waals surface area contributed by atoms with E-state index >= 15 is 0 Å². The molecule has 190 valence electrons. The highest BCUT2D eigenvalue weighted by Crippen LogP contribution is 2.33. The third kappa shape index (κ3) is 4.57. The first-order valence-electron chi connectivity index (χ1n) is 12.4. The molecule has 0 fully saturated rings. The molecular formula is C31H29N5O2. The van der Waals surface area contributed by atoms with E-state index in [2.05, 4.69) is 44.0 Å². The Morgan fingerprint density at radius 1 is 1.00 bits per heavy atom. The van der Waals surface area contributed by atoms with Crippen LogP contribution in [0.5, 0.6) is 5.75 Å². The maximum absolute atomic E-state index is 12.5. The molecule has 0 bridgehead atoms. The zero-order chi connectivity index (χ0) is 27.0. The molecule has 5 aromatic rings. The van der Waals surface area contributed by atoms with Gasteiger partial charge in [0, 0.05) is 37.7 Å². The molecule has 3 aromatic carbocycles. The van der Waals surface area contributed by atoms with Crippen molar-refractivity contribution in [3.8, 4) is 41.0 Å². The molecule has 0 aliphatic carbocycles. The lowest BCUT2D eigenvalue weighted by Crippen LogP contribution is -2.21. The number of terminal acetylenes is 1. The normalized spacial score (nSPS) is 11.2. The summed E-state index contributed by atoms with van der Waals surface area (Å²) in [5.74, 6) is 4.64. The zero-order valence-corrected chi connectivity index (χ0v) is 22.2. The minimum Gasteiger partial charge on any atom is -0.481 e. The van der Waals surface area contributed by atoms with Crippen molar-refractivity contribution in [1.82, 2.24) is 24.4 Å². The van der Waals surface area contributed by atoms with Crippen LogP contribution in [0.25, 0.3) is 44.8 Å². The molecule has 5 rings (SSSR count). The van der Waals surface area contributed by atoms with Crippen LogP contribution in [0.3, 0.4) is 0 Å². The van der Waals surface area contributed by atoms with Gasteiger partial charge in [-0.3, -0.25) is 4.79 Å². The molecule has 0 saturated heterocycles. The number of carbonyl (C=O) groups is 1. The van der Waals surface area contributed by atoms with Gasteiger partial charge in [0.15, 0.2) is 11.6 Å². The van der Waals surface area contributed by atoms with Gasteiger partial charge in [-0.25, -0.2) is 15.0 Å². The fourth-order valence-corrected chi connectivity index (χ4v) is 4.45. The molecule has 1 amide bonds. The number of ether oxygens (including phenoxy) is 1. The maximum atomic E-state index is 12.5. The molecule has 0 N–H and O–H groups in total. The Morgan fingerprint density at radius 2 is 1.74 bits per heavy atom. The van der Waals surface area contributed by atoms with Gasteiger partial charge in [0.25, 0.3) is 5.91 Å². The van der Waals surface area contributed by atoms with Crippen LogP contribution in [-0.2, 0) is 7.05 Å². The topological polar surface area (TPSA) is 73.1 Å². The quantitative estimate of drug-likeness (QED) is 0.279. The first-order chi connectivity index (χ1) is 18.3. The average molecular weight is 504 g/mol. The van der Waals surface area contributed by atoms with E-state index in [-0.39, 0.29) is 12.5 Å². The predicted octanol–water partition coefficient (Wildman–Crippen LogP) is 5.69. The Hall–Kier alpha value is -4.70. The second kappa shape index (κ2) is 9.98. The van der Waals surface area contributed by atoms with E-state index in [0.29, 0.717) is 28.9 Å². The summed E-state index contributed by atoms with van der Waals surface area (Å²) in [6.45, 7) is 4.53. The van der Waals surface area contributed by atoms with Gasteiger partial charge in [0.1, 0.15) is 12.4 Å². The van der Waals surface area contributed by atoms with Gasteiger partial charge in [-0.05, 0) is 47.9 Å². The molecule has 7 heteroatoms. The van der Waals surface area contributed by atoms with Crippen LogP contribution in [0.15, 0.2) is 60.7 Å².